The molecule has 1 N–H and O–H groups in total. The Morgan fingerprint density at radius 3 is 2.60 bits per heavy atom. The van der Waals surface area contributed by atoms with E-state index in [2.05, 4.69) is 52.0 Å². The second-order valence-electron chi connectivity index (χ2n) is 6.09. The van der Waals surface area contributed by atoms with Crippen LogP contribution in [0.25, 0.3) is 0 Å². The summed E-state index contributed by atoms with van der Waals surface area (Å²) in [5.74, 6) is 0.702. The number of pyridine rings is 1. The van der Waals surface area contributed by atoms with Crippen LogP contribution in [-0.4, -0.2) is 42.7 Å². The third-order valence-corrected chi connectivity index (χ3v) is 4.99. The first-order valence-corrected chi connectivity index (χ1v) is 9.36. The molecule has 0 spiro atoms. The highest BCUT2D eigenvalue weighted by atomic mass is 32.2. The summed E-state index contributed by atoms with van der Waals surface area (Å²) in [6.07, 6.45) is 4.01. The number of nitrogens with zero attached hydrogens (tertiary/aromatic N) is 2. The summed E-state index contributed by atoms with van der Waals surface area (Å²) in [5, 5.41) is 3.13. The third kappa shape index (κ3) is 5.63. The zero-order valence-electron chi connectivity index (χ0n) is 14.8. The quantitative estimate of drug-likeness (QED) is 0.759. The topological polar surface area (TPSA) is 46.6 Å². The second kappa shape index (κ2) is 9.08. The van der Waals surface area contributed by atoms with Gasteiger partial charge < -0.3 is 14.8 Å². The van der Waals surface area contributed by atoms with Gasteiger partial charge >= 0.3 is 0 Å². The van der Waals surface area contributed by atoms with E-state index in [0.717, 1.165) is 38.3 Å². The Kier molecular flexibility index (Phi) is 6.55. The van der Waals surface area contributed by atoms with Gasteiger partial charge in [0.1, 0.15) is 6.10 Å². The summed E-state index contributed by atoms with van der Waals surface area (Å²) in [5.41, 5.74) is 2.29. The van der Waals surface area contributed by atoms with E-state index < -0.39 is 0 Å². The van der Waals surface area contributed by atoms with E-state index >= 15 is 0 Å². The molecule has 5 nitrogen and oxygen atoms in total. The van der Waals surface area contributed by atoms with Crippen LogP contribution in [0.3, 0.4) is 0 Å². The van der Waals surface area contributed by atoms with Crippen LogP contribution < -0.4 is 10.1 Å². The summed E-state index contributed by atoms with van der Waals surface area (Å²) in [6, 6.07) is 12.5. The predicted octanol–water partition coefficient (Wildman–Crippen LogP) is 3.82. The molecule has 0 amide bonds. The van der Waals surface area contributed by atoms with E-state index in [4.69, 9.17) is 9.47 Å². The van der Waals surface area contributed by atoms with Crippen LogP contribution in [0.1, 0.15) is 18.4 Å². The monoisotopic (exact) mass is 359 g/mol. The summed E-state index contributed by atoms with van der Waals surface area (Å²) in [4.78, 5) is 5.66. The molecule has 1 aliphatic heterocycles. The minimum absolute atomic E-state index is 0.228. The number of benzene rings is 1. The van der Waals surface area contributed by atoms with Gasteiger partial charge in [0.15, 0.2) is 0 Å². The number of hydrogen-bond donors (Lipinski definition) is 1. The highest BCUT2D eigenvalue weighted by Gasteiger charge is 2.15. The molecule has 134 valence electrons. The smallest absolute Gasteiger partial charge is 0.213 e. The minimum Gasteiger partial charge on any atom is -0.474 e. The van der Waals surface area contributed by atoms with Crippen molar-refractivity contribution in [1.82, 2.24) is 9.29 Å². The Labute approximate surface area is 153 Å². The Hall–Kier alpha value is -1.76. The maximum atomic E-state index is 5.92. The minimum atomic E-state index is 0.228. The van der Waals surface area contributed by atoms with Crippen LogP contribution in [0.2, 0.25) is 0 Å². The zero-order chi connectivity index (χ0) is 17.5. The molecule has 0 atom stereocenters. The predicted molar refractivity (Wildman–Crippen MR) is 102 cm³/mol. The highest BCUT2D eigenvalue weighted by molar-refractivity contribution is 7.97. The zero-order valence-corrected chi connectivity index (χ0v) is 15.6. The molecular weight excluding hydrogens is 334 g/mol. The van der Waals surface area contributed by atoms with E-state index in [0.29, 0.717) is 5.88 Å². The molecule has 0 bridgehead atoms. The van der Waals surface area contributed by atoms with Gasteiger partial charge in [-0.2, -0.15) is 0 Å². The van der Waals surface area contributed by atoms with Crippen LogP contribution in [0.15, 0.2) is 47.5 Å². The van der Waals surface area contributed by atoms with Crippen molar-refractivity contribution in [3.8, 4) is 5.88 Å². The van der Waals surface area contributed by atoms with Crippen LogP contribution in [0.5, 0.6) is 5.88 Å². The number of rotatable bonds is 7. The molecule has 1 aromatic heterocycles. The fourth-order valence-corrected chi connectivity index (χ4v) is 3.52. The van der Waals surface area contributed by atoms with Gasteiger partial charge in [0.25, 0.3) is 0 Å². The molecule has 0 aliphatic carbocycles. The van der Waals surface area contributed by atoms with Gasteiger partial charge in [-0.3, -0.25) is 0 Å². The third-order valence-electron chi connectivity index (χ3n) is 4.06. The molecule has 1 fully saturated rings. The van der Waals surface area contributed by atoms with Crippen molar-refractivity contribution in [2.75, 3.05) is 32.6 Å². The Morgan fingerprint density at radius 1 is 1.20 bits per heavy atom. The molecular formula is C19H25N3O2S. The number of aromatic nitrogens is 1. The Balaban J connectivity index is 1.49. The van der Waals surface area contributed by atoms with Crippen molar-refractivity contribution in [1.29, 1.82) is 0 Å². The molecule has 1 saturated heterocycles. The molecule has 2 aromatic rings. The van der Waals surface area contributed by atoms with Crippen molar-refractivity contribution in [3.63, 3.8) is 0 Å². The fraction of sp³-hybridized carbons (Fsp3) is 0.421. The van der Waals surface area contributed by atoms with Gasteiger partial charge in [-0.1, -0.05) is 6.07 Å². The van der Waals surface area contributed by atoms with E-state index in [9.17, 15) is 0 Å². The largest absolute Gasteiger partial charge is 0.474 e. The Morgan fingerprint density at radius 2 is 1.96 bits per heavy atom. The summed E-state index contributed by atoms with van der Waals surface area (Å²) in [6.45, 7) is 2.38. The first-order chi connectivity index (χ1) is 12.2. The first kappa shape index (κ1) is 18.0. The molecule has 0 radical (unpaired) electrons. The van der Waals surface area contributed by atoms with Crippen LogP contribution >= 0.6 is 11.9 Å². The molecule has 2 heterocycles. The number of anilines is 1. The van der Waals surface area contributed by atoms with E-state index in [1.807, 2.05) is 19.3 Å². The van der Waals surface area contributed by atoms with Gasteiger partial charge in [0.2, 0.25) is 5.88 Å². The van der Waals surface area contributed by atoms with Gasteiger partial charge in [-0.05, 0) is 48.8 Å². The lowest BCUT2D eigenvalue weighted by molar-refractivity contribution is 0.0237. The standard InChI is InChI=1S/C19H25N3O2S/c1-20-16-4-6-18(7-5-16)25-22(2)14-15-3-8-19(21-13-15)24-17-9-11-23-12-10-17/h3-8,13,17,20H,9-12,14H2,1-2H3. The number of nitrogens with one attached hydrogen (secondary N) is 1. The summed E-state index contributed by atoms with van der Waals surface area (Å²) < 4.78 is 13.5. The van der Waals surface area contributed by atoms with Gasteiger partial charge in [-0.15, -0.1) is 0 Å². The van der Waals surface area contributed by atoms with Gasteiger partial charge in [0.05, 0.1) is 13.2 Å². The summed E-state index contributed by atoms with van der Waals surface area (Å²) >= 11 is 1.72. The normalized spacial score (nSPS) is 15.3. The Bertz CT molecular complexity index is 643. The van der Waals surface area contributed by atoms with Gasteiger partial charge in [-0.25, -0.2) is 9.29 Å². The molecule has 1 aromatic carbocycles. The molecule has 6 heteroatoms. The maximum Gasteiger partial charge on any atom is 0.213 e. The molecule has 0 saturated carbocycles. The lowest BCUT2D eigenvalue weighted by atomic mass is 10.1. The first-order valence-electron chi connectivity index (χ1n) is 8.59. The van der Waals surface area contributed by atoms with E-state index in [-0.39, 0.29) is 6.10 Å². The van der Waals surface area contributed by atoms with Crippen molar-refractivity contribution in [2.24, 2.45) is 0 Å². The van der Waals surface area contributed by atoms with E-state index in [1.54, 1.807) is 11.9 Å². The van der Waals surface area contributed by atoms with Crippen molar-refractivity contribution in [3.05, 3.63) is 48.2 Å². The average molecular weight is 359 g/mol. The molecule has 25 heavy (non-hydrogen) atoms. The maximum absolute atomic E-state index is 5.92. The van der Waals surface area contributed by atoms with E-state index in [1.165, 1.54) is 10.5 Å². The van der Waals surface area contributed by atoms with Crippen LogP contribution in [0, 0.1) is 0 Å². The molecule has 0 unspecified atom stereocenters. The average Bonchev–Trinajstić information content (AvgIpc) is 2.65. The van der Waals surface area contributed by atoms with Crippen molar-refractivity contribution >= 4 is 17.6 Å². The number of hydrogen-bond acceptors (Lipinski definition) is 6. The summed E-state index contributed by atoms with van der Waals surface area (Å²) in [7, 11) is 4.01. The molecule has 3 rings (SSSR count). The van der Waals surface area contributed by atoms with Crippen LogP contribution in [-0.2, 0) is 11.3 Å². The number of ether oxygens (including phenoxy) is 2. The lowest BCUT2D eigenvalue weighted by Gasteiger charge is -2.22. The highest BCUT2D eigenvalue weighted by Crippen LogP contribution is 2.24. The van der Waals surface area contributed by atoms with Gasteiger partial charge in [0, 0.05) is 49.3 Å². The lowest BCUT2D eigenvalue weighted by Crippen LogP contribution is -2.26. The molecule has 1 aliphatic rings. The van der Waals surface area contributed by atoms with Crippen LogP contribution in [0.4, 0.5) is 5.69 Å². The van der Waals surface area contributed by atoms with Crippen molar-refractivity contribution < 1.29 is 9.47 Å². The second-order valence-corrected chi connectivity index (χ2v) is 7.36. The SMILES string of the molecule is CNc1ccc(SN(C)Cc2ccc(OC3CCOCC3)nc2)cc1. The fourth-order valence-electron chi connectivity index (χ4n) is 2.69. The van der Waals surface area contributed by atoms with Crippen molar-refractivity contribution in [2.45, 2.75) is 30.4 Å².